The predicted octanol–water partition coefficient (Wildman–Crippen LogP) is 2.18. The number of ether oxygens (including phenoxy) is 1. The SMILES string of the molecule is C[C@@H]1C[C@H]2C(=O)OC[C@H](NC(=O)[C@H](Cc3ccccc3)NC(=O)Nc3ccc(I)cc3)C(=O)N3CCC[C@H]3C(=O)N3CCCC[C@H]3C(=O)N[C@@H](C)C(=O)N2C1. The number of nitrogens with one attached hydrogen (secondary N) is 4. The average Bonchev–Trinajstić information content (AvgIpc) is 3.83. The number of hydrogen-bond donors (Lipinski definition) is 4. The van der Waals surface area contributed by atoms with E-state index < -0.39 is 78.5 Å². The van der Waals surface area contributed by atoms with Crippen LogP contribution in [-0.4, -0.2) is 119 Å². The Kier molecular flexibility index (Phi) is 12.9. The quantitative estimate of drug-likeness (QED) is 0.252. The molecule has 2 aromatic carbocycles. The third-order valence-electron chi connectivity index (χ3n) is 10.7. The van der Waals surface area contributed by atoms with E-state index in [0.29, 0.717) is 50.8 Å². The molecule has 55 heavy (non-hydrogen) atoms. The van der Waals surface area contributed by atoms with Gasteiger partial charge >= 0.3 is 12.0 Å². The van der Waals surface area contributed by atoms with Crippen LogP contribution in [0.3, 0.4) is 0 Å². The van der Waals surface area contributed by atoms with Crippen LogP contribution in [0.5, 0.6) is 0 Å². The predicted molar refractivity (Wildman–Crippen MR) is 209 cm³/mol. The molecule has 15 nitrogen and oxygen atoms in total. The van der Waals surface area contributed by atoms with Gasteiger partial charge in [-0.1, -0.05) is 37.3 Å². The molecule has 4 saturated heterocycles. The first-order valence-corrected chi connectivity index (χ1v) is 20.0. The first-order chi connectivity index (χ1) is 26.4. The normalized spacial score (nSPS) is 27.0. The number of halogens is 1. The van der Waals surface area contributed by atoms with Gasteiger partial charge in [0.1, 0.15) is 42.9 Å². The van der Waals surface area contributed by atoms with E-state index in [1.54, 1.807) is 31.2 Å². The number of nitrogens with zero attached hydrogens (tertiary/aromatic N) is 3. The number of hydrogen-bond acceptors (Lipinski definition) is 8. The zero-order valence-corrected chi connectivity index (χ0v) is 33.2. The van der Waals surface area contributed by atoms with Crippen molar-refractivity contribution < 1.29 is 38.3 Å². The highest BCUT2D eigenvalue weighted by molar-refractivity contribution is 14.1. The molecule has 0 aromatic heterocycles. The molecule has 0 bridgehead atoms. The molecule has 6 rings (SSSR count). The highest BCUT2D eigenvalue weighted by Crippen LogP contribution is 2.28. The molecule has 294 valence electrons. The Morgan fingerprint density at radius 1 is 0.836 bits per heavy atom. The van der Waals surface area contributed by atoms with Crippen molar-refractivity contribution in [3.8, 4) is 0 Å². The van der Waals surface area contributed by atoms with Crippen LogP contribution in [0.4, 0.5) is 10.5 Å². The summed E-state index contributed by atoms with van der Waals surface area (Å²) in [5.41, 5.74) is 1.25. The molecule has 0 radical (unpaired) electrons. The largest absolute Gasteiger partial charge is 0.461 e. The highest BCUT2D eigenvalue weighted by Gasteiger charge is 2.46. The van der Waals surface area contributed by atoms with Crippen molar-refractivity contribution in [2.45, 2.75) is 95.0 Å². The van der Waals surface area contributed by atoms with E-state index >= 15 is 0 Å². The lowest BCUT2D eigenvalue weighted by atomic mass is 9.99. The van der Waals surface area contributed by atoms with Crippen molar-refractivity contribution in [1.29, 1.82) is 0 Å². The summed E-state index contributed by atoms with van der Waals surface area (Å²) in [6.45, 7) is 3.69. The molecule has 7 atom stereocenters. The number of esters is 1. The molecule has 0 saturated carbocycles. The fraction of sp³-hybridized carbons (Fsp3) is 0.513. The minimum absolute atomic E-state index is 0.0455. The summed E-state index contributed by atoms with van der Waals surface area (Å²) in [7, 11) is 0. The lowest BCUT2D eigenvalue weighted by Gasteiger charge is -2.39. The van der Waals surface area contributed by atoms with Gasteiger partial charge < -0.3 is 40.7 Å². The average molecular weight is 870 g/mol. The zero-order chi connectivity index (χ0) is 39.2. The van der Waals surface area contributed by atoms with Gasteiger partial charge in [-0.25, -0.2) is 9.59 Å². The third kappa shape index (κ3) is 9.56. The van der Waals surface area contributed by atoms with Crippen LogP contribution in [0.25, 0.3) is 0 Å². The van der Waals surface area contributed by atoms with Gasteiger partial charge in [0.15, 0.2) is 0 Å². The van der Waals surface area contributed by atoms with E-state index in [4.69, 9.17) is 4.74 Å². The molecule has 4 fully saturated rings. The second-order valence-electron chi connectivity index (χ2n) is 14.8. The van der Waals surface area contributed by atoms with Crippen molar-refractivity contribution in [2.24, 2.45) is 5.92 Å². The second-order valence-corrected chi connectivity index (χ2v) is 16.1. The molecule has 2 aromatic rings. The van der Waals surface area contributed by atoms with E-state index in [9.17, 15) is 33.6 Å². The molecule has 16 heteroatoms. The van der Waals surface area contributed by atoms with Crippen LogP contribution in [0.15, 0.2) is 54.6 Å². The van der Waals surface area contributed by atoms with Crippen LogP contribution >= 0.6 is 22.6 Å². The molecule has 4 aliphatic rings. The van der Waals surface area contributed by atoms with Crippen molar-refractivity contribution in [2.75, 3.05) is 31.6 Å². The van der Waals surface area contributed by atoms with Crippen molar-refractivity contribution in [1.82, 2.24) is 30.7 Å². The van der Waals surface area contributed by atoms with Gasteiger partial charge in [-0.05, 0) is 104 Å². The Labute approximate surface area is 333 Å². The molecule has 0 spiro atoms. The Balaban J connectivity index is 1.29. The molecule has 0 aliphatic carbocycles. The van der Waals surface area contributed by atoms with Crippen LogP contribution in [-0.2, 0) is 39.9 Å². The maximum absolute atomic E-state index is 14.5. The number of urea groups is 1. The number of rotatable bonds is 6. The minimum atomic E-state index is -1.43. The van der Waals surface area contributed by atoms with Gasteiger partial charge in [0, 0.05) is 35.3 Å². The summed E-state index contributed by atoms with van der Waals surface area (Å²) >= 11 is 2.15. The third-order valence-corrected chi connectivity index (χ3v) is 11.4. The zero-order valence-electron chi connectivity index (χ0n) is 31.0. The molecular formula is C39H48IN7O8. The van der Waals surface area contributed by atoms with E-state index in [-0.39, 0.29) is 31.3 Å². The molecular weight excluding hydrogens is 821 g/mol. The first-order valence-electron chi connectivity index (χ1n) is 19.0. The number of piperidine rings is 1. The second kappa shape index (κ2) is 17.8. The number of benzene rings is 2. The Morgan fingerprint density at radius 3 is 2.27 bits per heavy atom. The van der Waals surface area contributed by atoms with Crippen LogP contribution in [0, 0.1) is 9.49 Å². The Morgan fingerprint density at radius 2 is 1.53 bits per heavy atom. The first kappa shape index (κ1) is 39.9. The summed E-state index contributed by atoms with van der Waals surface area (Å²) in [4.78, 5) is 101. The molecule has 4 aliphatic heterocycles. The fourth-order valence-electron chi connectivity index (χ4n) is 7.91. The number of amides is 7. The Hall–Kier alpha value is -4.74. The number of cyclic esters (lactones) is 1. The topological polar surface area (TPSA) is 187 Å². The number of fused-ring (bicyclic) bond motifs is 3. The number of carbonyl (C=O) groups excluding carboxylic acids is 7. The lowest BCUT2D eigenvalue weighted by Crippen LogP contribution is -2.62. The Bertz CT molecular complexity index is 1780. The van der Waals surface area contributed by atoms with Gasteiger partial charge in [-0.15, -0.1) is 0 Å². The summed E-state index contributed by atoms with van der Waals surface area (Å²) in [5.74, 6) is -3.44. The van der Waals surface area contributed by atoms with Crippen LogP contribution < -0.4 is 21.3 Å². The van der Waals surface area contributed by atoms with Gasteiger partial charge in [-0.2, -0.15) is 0 Å². The monoisotopic (exact) mass is 869 g/mol. The van der Waals surface area contributed by atoms with Gasteiger partial charge in [0.05, 0.1) is 0 Å². The lowest BCUT2D eigenvalue weighted by molar-refractivity contribution is -0.158. The van der Waals surface area contributed by atoms with Gasteiger partial charge in [0.2, 0.25) is 29.5 Å². The van der Waals surface area contributed by atoms with Crippen molar-refractivity contribution in [3.05, 3.63) is 63.7 Å². The van der Waals surface area contributed by atoms with Crippen LogP contribution in [0.1, 0.15) is 57.9 Å². The molecule has 4 N–H and O–H groups in total. The van der Waals surface area contributed by atoms with Gasteiger partial charge in [-0.3, -0.25) is 24.0 Å². The maximum Gasteiger partial charge on any atom is 0.328 e. The molecule has 4 heterocycles. The fourth-order valence-corrected chi connectivity index (χ4v) is 8.27. The maximum atomic E-state index is 14.5. The van der Waals surface area contributed by atoms with E-state index in [1.165, 1.54) is 14.7 Å². The van der Waals surface area contributed by atoms with E-state index in [0.717, 1.165) is 9.13 Å². The molecule has 0 unspecified atom stereocenters. The summed E-state index contributed by atoms with van der Waals surface area (Å²) in [6.07, 6.45) is 3.03. The van der Waals surface area contributed by atoms with E-state index in [1.807, 2.05) is 37.3 Å². The standard InChI is InChI=1S/C39H48IN7O8/c1-23-19-32-38(53)55-22-29(43-33(48)28(20-25-9-4-3-5-10-25)44-39(54)42-27-15-13-26(40)14-16-27)36(51)46-18-8-12-31(46)37(52)45-17-7-6-11-30(45)34(49)41-24(2)35(50)47(32)21-23/h3-5,9-10,13-16,23-24,28-32H,6-8,11-12,17-22H2,1-2H3,(H,41,49)(H,43,48)(H2,42,44,54)/t23-,24+,28+,29+,30+,31+,32+/m1/s1. The summed E-state index contributed by atoms with van der Waals surface area (Å²) in [5, 5.41) is 11.0. The summed E-state index contributed by atoms with van der Waals surface area (Å²) < 4.78 is 6.72. The van der Waals surface area contributed by atoms with Crippen molar-refractivity contribution >= 4 is 69.8 Å². The highest BCUT2D eigenvalue weighted by atomic mass is 127. The molecule has 7 amide bonds. The number of carbonyl (C=O) groups is 7. The van der Waals surface area contributed by atoms with Crippen LogP contribution in [0.2, 0.25) is 0 Å². The minimum Gasteiger partial charge on any atom is -0.461 e. The smallest absolute Gasteiger partial charge is 0.328 e. The van der Waals surface area contributed by atoms with Crippen molar-refractivity contribution in [3.63, 3.8) is 0 Å². The number of anilines is 1. The van der Waals surface area contributed by atoms with E-state index in [2.05, 4.69) is 43.9 Å². The van der Waals surface area contributed by atoms with Gasteiger partial charge in [0.25, 0.3) is 0 Å². The summed E-state index contributed by atoms with van der Waals surface area (Å²) in [6, 6.07) is 9.26.